The Kier molecular flexibility index (Phi) is 3.93. The van der Waals surface area contributed by atoms with Gasteiger partial charge in [0.25, 0.3) is 0 Å². The molecule has 94 valence electrons. The minimum Gasteiger partial charge on any atom is -0.444 e. The lowest BCUT2D eigenvalue weighted by molar-refractivity contribution is 0.0635. The van der Waals surface area contributed by atoms with Crippen molar-refractivity contribution < 1.29 is 9.53 Å². The summed E-state index contributed by atoms with van der Waals surface area (Å²) in [6.07, 6.45) is 1.74. The molecule has 5 heteroatoms. The summed E-state index contributed by atoms with van der Waals surface area (Å²) < 4.78 is 5.15. The first-order valence-electron chi connectivity index (χ1n) is 5.56. The number of aryl methyl sites for hydroxylation is 1. The number of amides is 1. The molecule has 0 unspecified atom stereocenters. The van der Waals surface area contributed by atoms with Gasteiger partial charge in [-0.2, -0.15) is 0 Å². The van der Waals surface area contributed by atoms with E-state index in [-0.39, 0.29) is 0 Å². The van der Waals surface area contributed by atoms with Crippen LogP contribution >= 0.6 is 0 Å². The first-order valence-corrected chi connectivity index (χ1v) is 5.56. The largest absolute Gasteiger partial charge is 0.444 e. The summed E-state index contributed by atoms with van der Waals surface area (Å²) in [4.78, 5) is 15.7. The van der Waals surface area contributed by atoms with Crippen LogP contribution in [0.5, 0.6) is 0 Å². The number of nitrogens with zero attached hydrogens (tertiary/aromatic N) is 1. The number of nitrogens with one attached hydrogen (secondary N) is 1. The minimum absolute atomic E-state index is 0.496. The molecule has 0 fully saturated rings. The molecule has 1 rings (SSSR count). The molecule has 0 aliphatic carbocycles. The molecule has 0 spiro atoms. The van der Waals surface area contributed by atoms with Crippen LogP contribution in [0.4, 0.5) is 16.3 Å². The van der Waals surface area contributed by atoms with E-state index in [1.807, 2.05) is 27.7 Å². The average molecular weight is 237 g/mol. The van der Waals surface area contributed by atoms with Gasteiger partial charge in [0, 0.05) is 0 Å². The molecule has 0 saturated heterocycles. The molecule has 0 bridgehead atoms. The smallest absolute Gasteiger partial charge is 0.413 e. The number of hydrogen-bond acceptors (Lipinski definition) is 4. The number of pyridine rings is 1. The van der Waals surface area contributed by atoms with Crippen LogP contribution in [0.15, 0.2) is 12.3 Å². The molecule has 0 radical (unpaired) electrons. The van der Waals surface area contributed by atoms with Gasteiger partial charge in [-0.3, -0.25) is 5.32 Å². The van der Waals surface area contributed by atoms with Gasteiger partial charge in [0.1, 0.15) is 11.4 Å². The monoisotopic (exact) mass is 237 g/mol. The number of hydrogen-bond donors (Lipinski definition) is 2. The Balaban J connectivity index is 2.78. The highest BCUT2D eigenvalue weighted by molar-refractivity contribution is 5.84. The lowest BCUT2D eigenvalue weighted by Crippen LogP contribution is -2.27. The summed E-state index contributed by atoms with van der Waals surface area (Å²) in [6.45, 7) is 7.40. The minimum atomic E-state index is -0.524. The quantitative estimate of drug-likeness (QED) is 0.828. The zero-order valence-electron chi connectivity index (χ0n) is 10.7. The van der Waals surface area contributed by atoms with Gasteiger partial charge in [-0.25, -0.2) is 9.78 Å². The number of carbonyl (C=O) groups is 1. The van der Waals surface area contributed by atoms with Gasteiger partial charge in [-0.05, 0) is 38.8 Å². The van der Waals surface area contributed by atoms with E-state index in [2.05, 4.69) is 10.3 Å². The molecule has 1 aromatic rings. The molecular weight excluding hydrogens is 218 g/mol. The molecule has 5 nitrogen and oxygen atoms in total. The van der Waals surface area contributed by atoms with Crippen LogP contribution in [-0.4, -0.2) is 16.7 Å². The van der Waals surface area contributed by atoms with Crippen molar-refractivity contribution in [2.24, 2.45) is 0 Å². The van der Waals surface area contributed by atoms with E-state index >= 15 is 0 Å². The SMILES string of the molecule is CCc1cc(N)cnc1NC(=O)OC(C)(C)C. The van der Waals surface area contributed by atoms with Crippen LogP contribution in [0.25, 0.3) is 0 Å². The summed E-state index contributed by atoms with van der Waals surface area (Å²) in [5, 5.41) is 2.62. The Labute approximate surface area is 101 Å². The Morgan fingerprint density at radius 3 is 2.71 bits per heavy atom. The summed E-state index contributed by atoms with van der Waals surface area (Å²) in [6, 6.07) is 1.79. The summed E-state index contributed by atoms with van der Waals surface area (Å²) in [7, 11) is 0. The number of carbonyl (C=O) groups excluding carboxylic acids is 1. The van der Waals surface area contributed by atoms with Crippen molar-refractivity contribution in [1.82, 2.24) is 4.98 Å². The fourth-order valence-electron chi connectivity index (χ4n) is 1.31. The second-order valence-electron chi connectivity index (χ2n) is 4.76. The molecule has 0 aliphatic rings. The van der Waals surface area contributed by atoms with Gasteiger partial charge in [0.15, 0.2) is 0 Å². The third kappa shape index (κ3) is 4.30. The van der Waals surface area contributed by atoms with E-state index in [1.54, 1.807) is 6.07 Å². The lowest BCUT2D eigenvalue weighted by Gasteiger charge is -2.20. The van der Waals surface area contributed by atoms with Crippen molar-refractivity contribution in [2.45, 2.75) is 39.7 Å². The first kappa shape index (κ1) is 13.3. The molecule has 0 aromatic carbocycles. The normalized spacial score (nSPS) is 11.1. The van der Waals surface area contributed by atoms with Gasteiger partial charge in [0.2, 0.25) is 0 Å². The fraction of sp³-hybridized carbons (Fsp3) is 0.500. The molecule has 1 aromatic heterocycles. The predicted octanol–water partition coefficient (Wildman–Crippen LogP) is 2.57. The zero-order chi connectivity index (χ0) is 13.1. The molecule has 0 saturated carbocycles. The van der Waals surface area contributed by atoms with Crippen LogP contribution in [-0.2, 0) is 11.2 Å². The van der Waals surface area contributed by atoms with Crippen LogP contribution in [0.3, 0.4) is 0 Å². The van der Waals surface area contributed by atoms with Crippen LogP contribution < -0.4 is 11.1 Å². The number of ether oxygens (including phenoxy) is 1. The fourth-order valence-corrected chi connectivity index (χ4v) is 1.31. The van der Waals surface area contributed by atoms with Gasteiger partial charge < -0.3 is 10.5 Å². The van der Waals surface area contributed by atoms with Gasteiger partial charge >= 0.3 is 6.09 Å². The summed E-state index contributed by atoms with van der Waals surface area (Å²) in [5.41, 5.74) is 6.57. The molecule has 3 N–H and O–H groups in total. The Morgan fingerprint density at radius 1 is 1.53 bits per heavy atom. The van der Waals surface area contributed by atoms with Gasteiger partial charge in [-0.15, -0.1) is 0 Å². The van der Waals surface area contributed by atoms with Crippen LogP contribution in [0, 0.1) is 0 Å². The highest BCUT2D eigenvalue weighted by atomic mass is 16.6. The molecule has 0 aliphatic heterocycles. The van der Waals surface area contributed by atoms with E-state index < -0.39 is 11.7 Å². The number of nitrogen functional groups attached to an aromatic ring is 1. The van der Waals surface area contributed by atoms with E-state index in [9.17, 15) is 4.79 Å². The maximum Gasteiger partial charge on any atom is 0.413 e. The van der Waals surface area contributed by atoms with Gasteiger partial charge in [-0.1, -0.05) is 6.92 Å². The predicted molar refractivity (Wildman–Crippen MR) is 67.9 cm³/mol. The van der Waals surface area contributed by atoms with Crippen molar-refractivity contribution in [3.8, 4) is 0 Å². The maximum absolute atomic E-state index is 11.6. The zero-order valence-corrected chi connectivity index (χ0v) is 10.7. The van der Waals surface area contributed by atoms with Gasteiger partial charge in [0.05, 0.1) is 11.9 Å². The number of nitrogens with two attached hydrogens (primary N) is 1. The Hall–Kier alpha value is -1.78. The van der Waals surface area contributed by atoms with Crippen molar-refractivity contribution >= 4 is 17.6 Å². The third-order valence-corrected chi connectivity index (χ3v) is 1.99. The average Bonchev–Trinajstić information content (AvgIpc) is 2.17. The topological polar surface area (TPSA) is 77.2 Å². The number of aromatic nitrogens is 1. The summed E-state index contributed by atoms with van der Waals surface area (Å²) >= 11 is 0. The third-order valence-electron chi connectivity index (χ3n) is 1.99. The lowest BCUT2D eigenvalue weighted by atomic mass is 10.2. The molecule has 17 heavy (non-hydrogen) atoms. The van der Waals surface area contributed by atoms with Crippen molar-refractivity contribution in [2.75, 3.05) is 11.1 Å². The van der Waals surface area contributed by atoms with Crippen molar-refractivity contribution in [3.05, 3.63) is 17.8 Å². The van der Waals surface area contributed by atoms with Crippen molar-refractivity contribution in [1.29, 1.82) is 0 Å². The van der Waals surface area contributed by atoms with Crippen molar-refractivity contribution in [3.63, 3.8) is 0 Å². The second kappa shape index (κ2) is 5.03. The second-order valence-corrected chi connectivity index (χ2v) is 4.76. The molecule has 1 amide bonds. The highest BCUT2D eigenvalue weighted by Gasteiger charge is 2.17. The van der Waals surface area contributed by atoms with Crippen LogP contribution in [0.1, 0.15) is 33.3 Å². The Morgan fingerprint density at radius 2 is 2.18 bits per heavy atom. The molecule has 0 atom stereocenters. The first-order chi connectivity index (χ1) is 7.81. The van der Waals surface area contributed by atoms with E-state index in [1.165, 1.54) is 6.20 Å². The molecule has 1 heterocycles. The number of rotatable bonds is 2. The van der Waals surface area contributed by atoms with E-state index in [4.69, 9.17) is 10.5 Å². The number of anilines is 2. The van der Waals surface area contributed by atoms with E-state index in [0.29, 0.717) is 11.5 Å². The summed E-state index contributed by atoms with van der Waals surface area (Å²) in [5.74, 6) is 0.496. The standard InChI is InChI=1S/C12H19N3O2/c1-5-8-6-9(13)7-14-10(8)15-11(16)17-12(2,3)4/h6-7H,5,13H2,1-4H3,(H,14,15,16). The van der Waals surface area contributed by atoms with E-state index in [0.717, 1.165) is 12.0 Å². The maximum atomic E-state index is 11.6. The van der Waals surface area contributed by atoms with Crippen LogP contribution in [0.2, 0.25) is 0 Å². The highest BCUT2D eigenvalue weighted by Crippen LogP contribution is 2.17. The molecular formula is C12H19N3O2. The Bertz CT molecular complexity index is 411.